The summed E-state index contributed by atoms with van der Waals surface area (Å²) in [4.78, 5) is 78.7. The third-order valence-corrected chi connectivity index (χ3v) is 10.6. The van der Waals surface area contributed by atoms with Crippen molar-refractivity contribution >= 4 is 35.8 Å². The van der Waals surface area contributed by atoms with Gasteiger partial charge < -0.3 is 33.3 Å². The monoisotopic (exact) mass is 870 g/mol. The van der Waals surface area contributed by atoms with Gasteiger partial charge in [-0.05, 0) is 84.3 Å². The smallest absolute Gasteiger partial charge is 0.306 e. The van der Waals surface area contributed by atoms with Crippen LogP contribution in [0.15, 0.2) is 0 Å². The van der Waals surface area contributed by atoms with Crippen molar-refractivity contribution in [1.29, 1.82) is 0 Å². The van der Waals surface area contributed by atoms with Gasteiger partial charge in [-0.25, -0.2) is 0 Å². The molecule has 0 radical (unpaired) electrons. The zero-order valence-electron chi connectivity index (χ0n) is 39.5. The van der Waals surface area contributed by atoms with Crippen molar-refractivity contribution in [3.8, 4) is 0 Å². The maximum Gasteiger partial charge on any atom is 0.306 e. The molecule has 0 aromatic rings. The highest BCUT2D eigenvalue weighted by Crippen LogP contribution is 2.26. The molecule has 0 unspecified atom stereocenters. The molecule has 0 bridgehead atoms. The Kier molecular flexibility index (Phi) is 37.5. The fraction of sp³-hybridized carbons (Fsp3) is 0.875. The first-order valence-electron chi connectivity index (χ1n) is 24.0. The first kappa shape index (κ1) is 57.8. The molecular weight excluding hydrogens is 783 g/mol. The van der Waals surface area contributed by atoms with Crippen LogP contribution in [0.5, 0.6) is 0 Å². The van der Waals surface area contributed by atoms with Crippen LogP contribution < -0.4 is 0 Å². The molecule has 0 amide bonds. The van der Waals surface area contributed by atoms with E-state index in [4.69, 9.17) is 28.4 Å². The second-order valence-corrected chi connectivity index (χ2v) is 17.1. The van der Waals surface area contributed by atoms with Crippen molar-refractivity contribution in [1.82, 2.24) is 4.90 Å². The van der Waals surface area contributed by atoms with E-state index in [9.17, 15) is 28.8 Å². The Morgan fingerprint density at radius 1 is 0.393 bits per heavy atom. The van der Waals surface area contributed by atoms with Crippen molar-refractivity contribution in [2.75, 3.05) is 60.3 Å². The molecule has 0 aliphatic heterocycles. The van der Waals surface area contributed by atoms with Gasteiger partial charge in [-0.3, -0.25) is 28.8 Å². The molecule has 0 aliphatic carbocycles. The van der Waals surface area contributed by atoms with Crippen LogP contribution in [0.1, 0.15) is 201 Å². The zero-order valence-corrected chi connectivity index (χ0v) is 39.5. The molecule has 0 N–H and O–H groups in total. The molecule has 13 nitrogen and oxygen atoms in total. The Bertz CT molecular complexity index is 1100. The summed E-state index contributed by atoms with van der Waals surface area (Å²) in [5, 5.41) is 0. The van der Waals surface area contributed by atoms with E-state index in [2.05, 4.69) is 27.7 Å². The number of rotatable bonds is 42. The maximum atomic E-state index is 13.4. The van der Waals surface area contributed by atoms with Crippen molar-refractivity contribution in [3.63, 3.8) is 0 Å². The van der Waals surface area contributed by atoms with Crippen LogP contribution in [-0.2, 0) is 57.2 Å². The molecule has 61 heavy (non-hydrogen) atoms. The second kappa shape index (κ2) is 39.6. The standard InChI is InChI=1S/C48H87NO12/c1-7-11-15-23-34-56-42(50)28-19-21-30-44(52)58-37-48(39-60-46(54)32-25-33-49(5)6,40-61-47(55)36-41(26-17-13-9-3)27-18-14-10-4)38-59-45(53)31-22-20-29-43(51)57-35-24-16-12-8-2/h41H,7-40H2,1-6H3. The van der Waals surface area contributed by atoms with Crippen LogP contribution in [-0.4, -0.2) is 101 Å². The van der Waals surface area contributed by atoms with E-state index in [1.165, 1.54) is 0 Å². The SMILES string of the molecule is CCCCCCOC(=O)CCCCC(=O)OCC(COC(=O)CCCCC(=O)OCCCCCC)(COC(=O)CCCN(C)C)COC(=O)CC(CCCCC)CCCCC. The number of esters is 6. The molecule has 356 valence electrons. The lowest BCUT2D eigenvalue weighted by Crippen LogP contribution is -2.44. The molecule has 0 aromatic carbocycles. The van der Waals surface area contributed by atoms with Gasteiger partial charge in [0.15, 0.2) is 0 Å². The molecular formula is C48H87NO12. The average molecular weight is 870 g/mol. The third-order valence-electron chi connectivity index (χ3n) is 10.6. The normalized spacial score (nSPS) is 11.4. The number of hydrogen-bond donors (Lipinski definition) is 0. The molecule has 0 fully saturated rings. The minimum atomic E-state index is -1.37. The van der Waals surface area contributed by atoms with E-state index in [0.29, 0.717) is 51.9 Å². The van der Waals surface area contributed by atoms with E-state index in [1.807, 2.05) is 19.0 Å². The highest BCUT2D eigenvalue weighted by molar-refractivity contribution is 5.72. The lowest BCUT2D eigenvalue weighted by molar-refractivity contribution is -0.171. The number of carbonyl (C=O) groups is 6. The quantitative estimate of drug-likeness (QED) is 0.0324. The first-order valence-corrected chi connectivity index (χ1v) is 24.0. The molecule has 13 heteroatoms. The van der Waals surface area contributed by atoms with Gasteiger partial charge in [0, 0.05) is 38.5 Å². The Morgan fingerprint density at radius 3 is 1.08 bits per heavy atom. The Hall–Kier alpha value is -3.22. The maximum absolute atomic E-state index is 13.4. The highest BCUT2D eigenvalue weighted by Gasteiger charge is 2.38. The average Bonchev–Trinajstić information content (AvgIpc) is 3.23. The Balaban J connectivity index is 5.82. The number of ether oxygens (including phenoxy) is 6. The van der Waals surface area contributed by atoms with Crippen molar-refractivity contribution in [2.24, 2.45) is 11.3 Å². The third kappa shape index (κ3) is 36.0. The second-order valence-electron chi connectivity index (χ2n) is 17.1. The van der Waals surface area contributed by atoms with E-state index >= 15 is 0 Å². The summed E-state index contributed by atoms with van der Waals surface area (Å²) in [5.74, 6) is -2.40. The molecule has 0 heterocycles. The van der Waals surface area contributed by atoms with Gasteiger partial charge in [0.25, 0.3) is 0 Å². The van der Waals surface area contributed by atoms with Crippen LogP contribution in [0.25, 0.3) is 0 Å². The van der Waals surface area contributed by atoms with Crippen LogP contribution >= 0.6 is 0 Å². The number of hydrogen-bond acceptors (Lipinski definition) is 13. The predicted molar refractivity (Wildman–Crippen MR) is 238 cm³/mol. The molecule has 0 aliphatic rings. The van der Waals surface area contributed by atoms with Crippen molar-refractivity contribution < 1.29 is 57.2 Å². The summed E-state index contributed by atoms with van der Waals surface area (Å²) >= 11 is 0. The molecule has 0 saturated heterocycles. The van der Waals surface area contributed by atoms with Gasteiger partial charge >= 0.3 is 35.8 Å². The molecule has 0 spiro atoms. The summed E-state index contributed by atoms with van der Waals surface area (Å²) < 4.78 is 33.7. The molecule has 0 rings (SSSR count). The Labute approximate surface area is 369 Å². The van der Waals surface area contributed by atoms with E-state index in [0.717, 1.165) is 103 Å². The largest absolute Gasteiger partial charge is 0.466 e. The Morgan fingerprint density at radius 2 is 0.721 bits per heavy atom. The topological polar surface area (TPSA) is 161 Å². The first-order chi connectivity index (χ1) is 29.4. The van der Waals surface area contributed by atoms with Crippen molar-refractivity contribution in [3.05, 3.63) is 0 Å². The number of carbonyl (C=O) groups excluding carboxylic acids is 6. The van der Waals surface area contributed by atoms with E-state index in [-0.39, 0.29) is 82.8 Å². The van der Waals surface area contributed by atoms with Gasteiger partial charge in [0.05, 0.1) is 13.2 Å². The summed E-state index contributed by atoms with van der Waals surface area (Å²) in [6, 6.07) is 0. The summed E-state index contributed by atoms with van der Waals surface area (Å²) in [5.41, 5.74) is -1.37. The van der Waals surface area contributed by atoms with Crippen LogP contribution in [0.3, 0.4) is 0 Å². The minimum absolute atomic E-state index is 0.0299. The molecule has 0 aromatic heterocycles. The lowest BCUT2D eigenvalue weighted by atomic mass is 9.91. The van der Waals surface area contributed by atoms with E-state index in [1.54, 1.807) is 0 Å². The summed E-state index contributed by atoms with van der Waals surface area (Å²) in [6.45, 7) is 8.71. The number of nitrogens with zero attached hydrogens (tertiary/aromatic N) is 1. The van der Waals surface area contributed by atoms with Gasteiger partial charge in [-0.1, -0.05) is 105 Å². The summed E-state index contributed by atoms with van der Waals surface area (Å²) in [7, 11) is 3.82. The van der Waals surface area contributed by atoms with Gasteiger partial charge in [0.1, 0.15) is 31.8 Å². The van der Waals surface area contributed by atoms with Gasteiger partial charge in [-0.2, -0.15) is 0 Å². The van der Waals surface area contributed by atoms with Gasteiger partial charge in [0.2, 0.25) is 0 Å². The van der Waals surface area contributed by atoms with Crippen LogP contribution in [0, 0.1) is 11.3 Å². The highest BCUT2D eigenvalue weighted by atomic mass is 16.6. The van der Waals surface area contributed by atoms with Crippen LogP contribution in [0.2, 0.25) is 0 Å². The fourth-order valence-corrected chi connectivity index (χ4v) is 6.60. The molecule has 0 saturated carbocycles. The summed E-state index contributed by atoms with van der Waals surface area (Å²) in [6.07, 6.45) is 19.4. The fourth-order valence-electron chi connectivity index (χ4n) is 6.60. The minimum Gasteiger partial charge on any atom is -0.466 e. The number of unbranched alkanes of at least 4 members (excludes halogenated alkanes) is 12. The predicted octanol–water partition coefficient (Wildman–Crippen LogP) is 10.0. The lowest BCUT2D eigenvalue weighted by Gasteiger charge is -2.32. The van der Waals surface area contributed by atoms with E-state index < -0.39 is 29.3 Å². The van der Waals surface area contributed by atoms with Crippen LogP contribution in [0.4, 0.5) is 0 Å². The van der Waals surface area contributed by atoms with Crippen molar-refractivity contribution in [2.45, 2.75) is 201 Å². The zero-order chi connectivity index (χ0) is 45.4. The van der Waals surface area contributed by atoms with Gasteiger partial charge in [-0.15, -0.1) is 0 Å². The molecule has 0 atom stereocenters.